The lowest BCUT2D eigenvalue weighted by molar-refractivity contribution is -0.0568. The quantitative estimate of drug-likeness (QED) is 0.599. The van der Waals surface area contributed by atoms with E-state index < -0.39 is 5.60 Å². The predicted octanol–water partition coefficient (Wildman–Crippen LogP) is 0.461. The van der Waals surface area contributed by atoms with E-state index in [4.69, 9.17) is 11.5 Å². The standard InChI is InChI=1S/C10H22N2O/c1-8-3-4-10(5-8,7-12)9(2,13)6-11/h8,13H,3-7,11-12H2,1-2H3. The second kappa shape index (κ2) is 3.56. The molecule has 0 aliphatic heterocycles. The molecule has 0 aromatic heterocycles. The Morgan fingerprint density at radius 2 is 2.15 bits per heavy atom. The van der Waals surface area contributed by atoms with Gasteiger partial charge in [0.05, 0.1) is 5.60 Å². The second-order valence-corrected chi connectivity index (χ2v) is 4.81. The molecule has 0 saturated heterocycles. The molecule has 3 unspecified atom stereocenters. The van der Waals surface area contributed by atoms with Gasteiger partial charge >= 0.3 is 0 Å². The van der Waals surface area contributed by atoms with Gasteiger partial charge in [0.25, 0.3) is 0 Å². The first-order valence-electron chi connectivity index (χ1n) is 5.10. The molecule has 13 heavy (non-hydrogen) atoms. The summed E-state index contributed by atoms with van der Waals surface area (Å²) >= 11 is 0. The molecule has 1 rings (SSSR count). The number of hydrogen-bond acceptors (Lipinski definition) is 3. The van der Waals surface area contributed by atoms with Gasteiger partial charge in [-0.3, -0.25) is 0 Å². The third kappa shape index (κ3) is 1.73. The average molecular weight is 186 g/mol. The average Bonchev–Trinajstić information content (AvgIpc) is 2.49. The summed E-state index contributed by atoms with van der Waals surface area (Å²) in [5.74, 6) is 0.668. The van der Waals surface area contributed by atoms with Crippen molar-refractivity contribution in [3.05, 3.63) is 0 Å². The molecule has 1 aliphatic carbocycles. The lowest BCUT2D eigenvalue weighted by atomic mass is 9.71. The fraction of sp³-hybridized carbons (Fsp3) is 1.00. The zero-order valence-electron chi connectivity index (χ0n) is 8.71. The van der Waals surface area contributed by atoms with E-state index in [9.17, 15) is 5.11 Å². The van der Waals surface area contributed by atoms with Crippen molar-refractivity contribution in [3.8, 4) is 0 Å². The van der Waals surface area contributed by atoms with E-state index in [0.29, 0.717) is 19.0 Å². The minimum Gasteiger partial charge on any atom is -0.388 e. The molecule has 0 amide bonds. The van der Waals surface area contributed by atoms with Crippen LogP contribution in [-0.2, 0) is 0 Å². The highest BCUT2D eigenvalue weighted by Crippen LogP contribution is 2.47. The molecule has 0 bridgehead atoms. The molecular weight excluding hydrogens is 164 g/mol. The molecule has 5 N–H and O–H groups in total. The predicted molar refractivity (Wildman–Crippen MR) is 54.2 cm³/mol. The van der Waals surface area contributed by atoms with Gasteiger partial charge in [-0.05, 0) is 25.7 Å². The van der Waals surface area contributed by atoms with Crippen LogP contribution in [0.3, 0.4) is 0 Å². The van der Waals surface area contributed by atoms with Crippen molar-refractivity contribution in [1.82, 2.24) is 0 Å². The summed E-state index contributed by atoms with van der Waals surface area (Å²) in [7, 11) is 0. The van der Waals surface area contributed by atoms with E-state index in [-0.39, 0.29) is 5.41 Å². The Morgan fingerprint density at radius 3 is 2.46 bits per heavy atom. The van der Waals surface area contributed by atoms with Gasteiger partial charge in [0.15, 0.2) is 0 Å². The molecule has 3 nitrogen and oxygen atoms in total. The molecule has 0 aromatic rings. The Morgan fingerprint density at radius 1 is 1.54 bits per heavy atom. The van der Waals surface area contributed by atoms with Gasteiger partial charge in [-0.25, -0.2) is 0 Å². The highest BCUT2D eigenvalue weighted by atomic mass is 16.3. The molecule has 0 radical (unpaired) electrons. The summed E-state index contributed by atoms with van der Waals surface area (Å²) < 4.78 is 0. The van der Waals surface area contributed by atoms with Crippen LogP contribution in [0.5, 0.6) is 0 Å². The van der Waals surface area contributed by atoms with Crippen LogP contribution in [0.15, 0.2) is 0 Å². The van der Waals surface area contributed by atoms with E-state index in [1.54, 1.807) is 0 Å². The molecule has 1 aliphatic rings. The van der Waals surface area contributed by atoms with Gasteiger partial charge in [-0.2, -0.15) is 0 Å². The highest BCUT2D eigenvalue weighted by molar-refractivity contribution is 5.01. The van der Waals surface area contributed by atoms with Crippen LogP contribution >= 0.6 is 0 Å². The van der Waals surface area contributed by atoms with Crippen LogP contribution < -0.4 is 11.5 Å². The molecule has 0 aromatic carbocycles. The van der Waals surface area contributed by atoms with Gasteiger partial charge in [-0.15, -0.1) is 0 Å². The monoisotopic (exact) mass is 186 g/mol. The second-order valence-electron chi connectivity index (χ2n) is 4.81. The Kier molecular flexibility index (Phi) is 3.00. The van der Waals surface area contributed by atoms with E-state index in [1.165, 1.54) is 0 Å². The van der Waals surface area contributed by atoms with Gasteiger partial charge in [0.1, 0.15) is 0 Å². The van der Waals surface area contributed by atoms with Crippen LogP contribution in [0.1, 0.15) is 33.1 Å². The first-order valence-corrected chi connectivity index (χ1v) is 5.10. The molecule has 3 atom stereocenters. The minimum atomic E-state index is -0.799. The zero-order chi connectivity index (χ0) is 10.1. The maximum atomic E-state index is 10.2. The molecular formula is C10H22N2O. The Bertz CT molecular complexity index is 182. The smallest absolute Gasteiger partial charge is 0.0809 e. The molecule has 1 saturated carbocycles. The summed E-state index contributed by atoms with van der Waals surface area (Å²) in [5, 5.41) is 10.2. The fourth-order valence-corrected chi connectivity index (χ4v) is 2.50. The Labute approximate surface area is 80.5 Å². The van der Waals surface area contributed by atoms with Crippen molar-refractivity contribution in [1.29, 1.82) is 0 Å². The van der Waals surface area contributed by atoms with Crippen molar-refractivity contribution in [3.63, 3.8) is 0 Å². The molecule has 78 valence electrons. The van der Waals surface area contributed by atoms with Crippen molar-refractivity contribution in [2.75, 3.05) is 13.1 Å². The SMILES string of the molecule is CC1CCC(CN)(C(C)(O)CN)C1. The normalized spacial score (nSPS) is 39.0. The van der Waals surface area contributed by atoms with Crippen LogP contribution in [0.4, 0.5) is 0 Å². The maximum Gasteiger partial charge on any atom is 0.0809 e. The Balaban J connectivity index is 2.82. The third-order valence-corrected chi connectivity index (χ3v) is 3.79. The number of nitrogens with two attached hydrogens (primary N) is 2. The molecule has 3 heteroatoms. The van der Waals surface area contributed by atoms with Gasteiger partial charge in [0.2, 0.25) is 0 Å². The summed E-state index contributed by atoms with van der Waals surface area (Å²) in [4.78, 5) is 0. The Hall–Kier alpha value is -0.120. The van der Waals surface area contributed by atoms with E-state index in [2.05, 4.69) is 6.92 Å². The van der Waals surface area contributed by atoms with Crippen molar-refractivity contribution in [2.45, 2.75) is 38.7 Å². The summed E-state index contributed by atoms with van der Waals surface area (Å²) in [6.45, 7) is 4.88. The van der Waals surface area contributed by atoms with Crippen LogP contribution in [0, 0.1) is 11.3 Å². The first kappa shape index (κ1) is 11.0. The summed E-state index contributed by atoms with van der Waals surface area (Å²) in [6.07, 6.45) is 3.18. The van der Waals surface area contributed by atoms with Crippen molar-refractivity contribution < 1.29 is 5.11 Å². The number of hydrogen-bond donors (Lipinski definition) is 3. The van der Waals surface area contributed by atoms with E-state index in [0.717, 1.165) is 19.3 Å². The van der Waals surface area contributed by atoms with Gasteiger partial charge in [-0.1, -0.05) is 13.3 Å². The largest absolute Gasteiger partial charge is 0.388 e. The zero-order valence-corrected chi connectivity index (χ0v) is 8.71. The van der Waals surface area contributed by atoms with Crippen LogP contribution in [0.2, 0.25) is 0 Å². The minimum absolute atomic E-state index is 0.138. The van der Waals surface area contributed by atoms with E-state index in [1.807, 2.05) is 6.92 Å². The maximum absolute atomic E-state index is 10.2. The van der Waals surface area contributed by atoms with Gasteiger partial charge < -0.3 is 16.6 Å². The van der Waals surface area contributed by atoms with Gasteiger partial charge in [0, 0.05) is 18.5 Å². The summed E-state index contributed by atoms with van der Waals surface area (Å²) in [5.41, 5.74) is 10.4. The number of rotatable bonds is 3. The fourth-order valence-electron chi connectivity index (χ4n) is 2.50. The lowest BCUT2D eigenvalue weighted by Crippen LogP contribution is -2.53. The third-order valence-electron chi connectivity index (χ3n) is 3.79. The van der Waals surface area contributed by atoms with Crippen LogP contribution in [0.25, 0.3) is 0 Å². The molecule has 1 fully saturated rings. The topological polar surface area (TPSA) is 72.3 Å². The molecule has 0 spiro atoms. The van der Waals surface area contributed by atoms with Crippen molar-refractivity contribution >= 4 is 0 Å². The van der Waals surface area contributed by atoms with Crippen LogP contribution in [-0.4, -0.2) is 23.8 Å². The summed E-state index contributed by atoms with van der Waals surface area (Å²) in [6, 6.07) is 0. The highest BCUT2D eigenvalue weighted by Gasteiger charge is 2.48. The van der Waals surface area contributed by atoms with E-state index >= 15 is 0 Å². The first-order chi connectivity index (χ1) is 5.97. The molecule has 0 heterocycles. The lowest BCUT2D eigenvalue weighted by Gasteiger charge is -2.41. The van der Waals surface area contributed by atoms with Crippen molar-refractivity contribution in [2.24, 2.45) is 22.8 Å². The number of aliphatic hydroxyl groups is 1.